The van der Waals surface area contributed by atoms with E-state index in [9.17, 15) is 9.90 Å². The Morgan fingerprint density at radius 1 is 0.889 bits per heavy atom. The summed E-state index contributed by atoms with van der Waals surface area (Å²) in [6.45, 7) is 7.33. The first kappa shape index (κ1) is 25.9. The van der Waals surface area contributed by atoms with E-state index >= 15 is 0 Å². The van der Waals surface area contributed by atoms with Gasteiger partial charge < -0.3 is 14.3 Å². The van der Waals surface area contributed by atoms with E-state index in [1.165, 1.54) is 10.4 Å². The maximum atomic E-state index is 13.1. The van der Waals surface area contributed by atoms with Crippen LogP contribution in [-0.2, 0) is 15.8 Å². The topological polar surface area (TPSA) is 59.0 Å². The van der Waals surface area contributed by atoms with Gasteiger partial charge in [0, 0.05) is 0 Å². The second-order valence-corrected chi connectivity index (χ2v) is 14.5. The lowest BCUT2D eigenvalue weighted by Crippen LogP contribution is -2.67. The number of rotatable bonds is 7. The highest BCUT2D eigenvalue weighted by Crippen LogP contribution is 2.37. The Balaban J connectivity index is 1.61. The third-order valence-corrected chi connectivity index (χ3v) is 11.7. The Labute approximate surface area is 215 Å². The molecule has 3 aromatic carbocycles. The molecular weight excluding hydrogens is 466 g/mol. The molecule has 0 aliphatic carbocycles. The molecule has 0 saturated carbocycles. The molecule has 0 fully saturated rings. The summed E-state index contributed by atoms with van der Waals surface area (Å²) < 4.78 is 12.7. The van der Waals surface area contributed by atoms with Gasteiger partial charge in [-0.25, -0.2) is 4.79 Å². The first-order valence-corrected chi connectivity index (χ1v) is 14.3. The van der Waals surface area contributed by atoms with Crippen LogP contribution in [0.25, 0.3) is 0 Å². The van der Waals surface area contributed by atoms with Gasteiger partial charge >= 0.3 is 6.09 Å². The predicted molar refractivity (Wildman–Crippen MR) is 146 cm³/mol. The smallest absolute Gasteiger partial charge is 0.410 e. The molecule has 0 unspecified atom stereocenters. The van der Waals surface area contributed by atoms with Crippen molar-refractivity contribution < 1.29 is 19.1 Å². The number of nitrogens with zero attached hydrogens (tertiary/aromatic N) is 1. The summed E-state index contributed by atoms with van der Waals surface area (Å²) in [5.41, 5.74) is 0.916. The monoisotopic (exact) mass is 501 g/mol. The average Bonchev–Trinajstić information content (AvgIpc) is 2.89. The van der Waals surface area contributed by atoms with E-state index in [0.717, 1.165) is 5.56 Å². The van der Waals surface area contributed by atoms with Crippen LogP contribution in [0, 0.1) is 0 Å². The lowest BCUT2D eigenvalue weighted by molar-refractivity contribution is 0.0525. The average molecular weight is 502 g/mol. The number of carbonyl (C=O) groups excluding carboxylic acids is 1. The van der Waals surface area contributed by atoms with E-state index < -0.39 is 20.5 Å². The third-order valence-electron chi connectivity index (χ3n) is 6.67. The molecule has 36 heavy (non-hydrogen) atoms. The highest BCUT2D eigenvalue weighted by molar-refractivity contribution is 6.99. The van der Waals surface area contributed by atoms with Gasteiger partial charge in [-0.1, -0.05) is 124 Å². The van der Waals surface area contributed by atoms with Crippen LogP contribution in [0.1, 0.15) is 26.3 Å². The van der Waals surface area contributed by atoms with Crippen LogP contribution in [0.5, 0.6) is 0 Å². The van der Waals surface area contributed by atoms with Gasteiger partial charge in [0.1, 0.15) is 6.61 Å². The van der Waals surface area contributed by atoms with E-state index in [-0.39, 0.29) is 24.2 Å². The van der Waals surface area contributed by atoms with Crippen molar-refractivity contribution >= 4 is 24.8 Å². The lowest BCUT2D eigenvalue weighted by atomic mass is 10.1. The first-order chi connectivity index (χ1) is 17.3. The Kier molecular flexibility index (Phi) is 8.09. The molecular formula is C30H35NO4Si. The van der Waals surface area contributed by atoms with Crippen molar-refractivity contribution in [1.29, 1.82) is 0 Å². The molecule has 1 amide bonds. The molecule has 1 N–H and O–H groups in total. The van der Waals surface area contributed by atoms with Gasteiger partial charge in [0.15, 0.2) is 0 Å². The zero-order valence-corrected chi connectivity index (χ0v) is 22.2. The molecule has 0 spiro atoms. The summed E-state index contributed by atoms with van der Waals surface area (Å²) in [4.78, 5) is 14.7. The van der Waals surface area contributed by atoms with Crippen LogP contribution >= 0.6 is 0 Å². The number of aliphatic hydroxyl groups is 1. The summed E-state index contributed by atoms with van der Waals surface area (Å²) in [7, 11) is -2.76. The van der Waals surface area contributed by atoms with Crippen molar-refractivity contribution in [1.82, 2.24) is 4.90 Å². The van der Waals surface area contributed by atoms with Gasteiger partial charge in [0.05, 0.1) is 25.3 Å². The molecule has 4 rings (SSSR count). The minimum Gasteiger partial charge on any atom is -0.445 e. The Morgan fingerprint density at radius 3 is 1.94 bits per heavy atom. The summed E-state index contributed by atoms with van der Waals surface area (Å²) in [5.74, 6) is 0. The summed E-state index contributed by atoms with van der Waals surface area (Å²) in [6.07, 6.45) is 2.40. The molecule has 3 aromatic rings. The minimum absolute atomic E-state index is 0.166. The van der Waals surface area contributed by atoms with Gasteiger partial charge in [0.25, 0.3) is 8.32 Å². The quantitative estimate of drug-likeness (QED) is 0.383. The number of benzene rings is 3. The Morgan fingerprint density at radius 2 is 1.42 bits per heavy atom. The molecule has 5 nitrogen and oxygen atoms in total. The maximum Gasteiger partial charge on any atom is 0.410 e. The molecule has 0 bridgehead atoms. The predicted octanol–water partition coefficient (Wildman–Crippen LogP) is 4.50. The zero-order chi connectivity index (χ0) is 25.6. The number of carbonyl (C=O) groups is 1. The van der Waals surface area contributed by atoms with Crippen LogP contribution in [0.15, 0.2) is 103 Å². The van der Waals surface area contributed by atoms with Crippen LogP contribution in [0.4, 0.5) is 4.79 Å². The van der Waals surface area contributed by atoms with E-state index in [0.29, 0.717) is 6.61 Å². The highest BCUT2D eigenvalue weighted by atomic mass is 28.4. The minimum atomic E-state index is -2.76. The van der Waals surface area contributed by atoms with Crippen molar-refractivity contribution in [2.45, 2.75) is 44.6 Å². The van der Waals surface area contributed by atoms with Crippen LogP contribution < -0.4 is 10.4 Å². The first-order valence-electron chi connectivity index (χ1n) is 12.4. The zero-order valence-electron chi connectivity index (χ0n) is 21.2. The van der Waals surface area contributed by atoms with Crippen LogP contribution in [-0.4, -0.2) is 49.7 Å². The van der Waals surface area contributed by atoms with E-state index in [1.54, 1.807) is 11.0 Å². The molecule has 1 heterocycles. The molecule has 188 valence electrons. The van der Waals surface area contributed by atoms with Crippen LogP contribution in [0.3, 0.4) is 0 Å². The third kappa shape index (κ3) is 5.62. The molecule has 0 aromatic heterocycles. The SMILES string of the molecule is CC(C)(C)[Si](OC[C@H]1C=C[C@@H](O)CN1C(=O)OCc1ccccc1)(c1ccccc1)c1ccccc1. The molecule has 1 aliphatic rings. The second-order valence-electron chi connectivity index (χ2n) is 10.2. The van der Waals surface area contributed by atoms with Gasteiger partial charge in [-0.15, -0.1) is 0 Å². The van der Waals surface area contributed by atoms with Crippen molar-refractivity contribution in [2.75, 3.05) is 13.2 Å². The fraction of sp³-hybridized carbons (Fsp3) is 0.300. The maximum absolute atomic E-state index is 13.1. The number of aliphatic hydroxyl groups excluding tert-OH is 1. The second kappa shape index (κ2) is 11.2. The van der Waals surface area contributed by atoms with Crippen molar-refractivity contribution in [2.24, 2.45) is 0 Å². The van der Waals surface area contributed by atoms with E-state index in [4.69, 9.17) is 9.16 Å². The molecule has 2 atom stereocenters. The number of hydrogen-bond acceptors (Lipinski definition) is 4. The Hall–Kier alpha value is -3.19. The summed E-state index contributed by atoms with van der Waals surface area (Å²) in [6, 6.07) is 30.1. The fourth-order valence-corrected chi connectivity index (χ4v) is 9.46. The van der Waals surface area contributed by atoms with E-state index in [1.807, 2.05) is 48.5 Å². The summed E-state index contributed by atoms with van der Waals surface area (Å²) >= 11 is 0. The standard InChI is InChI=1S/C30H35NO4Si/c1-30(2,3)36(27-15-9-5-10-16-27,28-17-11-6-12-18-28)35-23-25-19-20-26(32)21-31(25)29(33)34-22-24-13-7-4-8-14-24/h4-20,25-26,32H,21-23H2,1-3H3/t25-,26-/m1/s1. The van der Waals surface area contributed by atoms with Crippen molar-refractivity contribution in [3.05, 3.63) is 109 Å². The van der Waals surface area contributed by atoms with Crippen molar-refractivity contribution in [3.63, 3.8) is 0 Å². The van der Waals surface area contributed by atoms with Crippen molar-refractivity contribution in [3.8, 4) is 0 Å². The van der Waals surface area contributed by atoms with Gasteiger partial charge in [-0.3, -0.25) is 4.90 Å². The van der Waals surface area contributed by atoms with Gasteiger partial charge in [-0.05, 0) is 21.0 Å². The number of β-amino-alcohol motifs (C(OH)–C–C–N with tert-alkyl or cyclic N) is 1. The molecule has 0 radical (unpaired) electrons. The van der Waals surface area contributed by atoms with Gasteiger partial charge in [0.2, 0.25) is 0 Å². The lowest BCUT2D eigenvalue weighted by Gasteiger charge is -2.44. The Bertz CT molecular complexity index is 1110. The number of hydrogen-bond donors (Lipinski definition) is 1. The number of ether oxygens (including phenoxy) is 1. The molecule has 6 heteroatoms. The van der Waals surface area contributed by atoms with E-state index in [2.05, 4.69) is 69.3 Å². The largest absolute Gasteiger partial charge is 0.445 e. The fourth-order valence-electron chi connectivity index (χ4n) is 4.89. The highest BCUT2D eigenvalue weighted by Gasteiger charge is 2.50. The summed E-state index contributed by atoms with van der Waals surface area (Å²) in [5, 5.41) is 12.5. The normalized spacial score (nSPS) is 18.2. The molecule has 1 aliphatic heterocycles. The van der Waals surface area contributed by atoms with Gasteiger partial charge in [-0.2, -0.15) is 0 Å². The molecule has 0 saturated heterocycles. The number of amides is 1. The van der Waals surface area contributed by atoms with Crippen LogP contribution in [0.2, 0.25) is 5.04 Å².